The van der Waals surface area contributed by atoms with E-state index < -0.39 is 0 Å². The van der Waals surface area contributed by atoms with Crippen molar-refractivity contribution < 1.29 is 14.1 Å². The van der Waals surface area contributed by atoms with E-state index in [1.54, 1.807) is 7.11 Å². The number of aromatic nitrogens is 2. The first-order valence-corrected chi connectivity index (χ1v) is 8.05. The second kappa shape index (κ2) is 5.68. The van der Waals surface area contributed by atoms with Crippen LogP contribution in [0.3, 0.4) is 0 Å². The first kappa shape index (κ1) is 14.2. The summed E-state index contributed by atoms with van der Waals surface area (Å²) in [5, 5.41) is 4.08. The van der Waals surface area contributed by atoms with Crippen LogP contribution in [-0.2, 0) is 4.79 Å². The first-order valence-electron chi connectivity index (χ1n) is 8.05. The fraction of sp³-hybridized carbons (Fsp3) is 0.471. The topological polar surface area (TPSA) is 68.5 Å². The summed E-state index contributed by atoms with van der Waals surface area (Å²) in [6.07, 6.45) is 3.91. The van der Waals surface area contributed by atoms with Gasteiger partial charge in [0.25, 0.3) is 0 Å². The molecule has 6 nitrogen and oxygen atoms in total. The van der Waals surface area contributed by atoms with Gasteiger partial charge in [0.05, 0.1) is 7.11 Å². The summed E-state index contributed by atoms with van der Waals surface area (Å²) in [5.41, 5.74) is 0.874. The third kappa shape index (κ3) is 2.69. The molecule has 0 N–H and O–H groups in total. The van der Waals surface area contributed by atoms with Crippen LogP contribution in [0.1, 0.15) is 37.6 Å². The maximum Gasteiger partial charge on any atom is 0.249 e. The predicted octanol–water partition coefficient (Wildman–Crippen LogP) is 2.82. The molecule has 0 radical (unpaired) electrons. The van der Waals surface area contributed by atoms with Crippen molar-refractivity contribution in [1.82, 2.24) is 15.0 Å². The summed E-state index contributed by atoms with van der Waals surface area (Å²) in [7, 11) is 1.63. The van der Waals surface area contributed by atoms with E-state index in [9.17, 15) is 4.79 Å². The third-order valence-corrected chi connectivity index (χ3v) is 4.54. The van der Waals surface area contributed by atoms with E-state index in [0.717, 1.165) is 43.5 Å². The molecular weight excluding hydrogens is 294 g/mol. The molecule has 0 bridgehead atoms. The Hall–Kier alpha value is -2.37. The molecule has 1 aliphatic carbocycles. The lowest BCUT2D eigenvalue weighted by Crippen LogP contribution is -2.31. The third-order valence-electron chi connectivity index (χ3n) is 4.54. The second-order valence-corrected chi connectivity index (χ2v) is 6.15. The van der Waals surface area contributed by atoms with E-state index in [0.29, 0.717) is 11.7 Å². The molecule has 4 rings (SSSR count). The fourth-order valence-corrected chi connectivity index (χ4v) is 3.08. The van der Waals surface area contributed by atoms with Gasteiger partial charge in [-0.25, -0.2) is 0 Å². The van der Waals surface area contributed by atoms with Crippen molar-refractivity contribution in [2.75, 3.05) is 13.7 Å². The van der Waals surface area contributed by atoms with Gasteiger partial charge in [0.1, 0.15) is 11.8 Å². The molecule has 2 aliphatic rings. The SMILES string of the molecule is COc1ccc(-c2noc([C@H]3CCCN3C(=O)C3CC3)n2)cc1. The molecule has 0 unspecified atom stereocenters. The number of hydrogen-bond donors (Lipinski definition) is 0. The van der Waals surface area contributed by atoms with Gasteiger partial charge >= 0.3 is 0 Å². The van der Waals surface area contributed by atoms with E-state index in [2.05, 4.69) is 10.1 Å². The zero-order valence-corrected chi connectivity index (χ0v) is 13.1. The molecule has 0 spiro atoms. The lowest BCUT2D eigenvalue weighted by molar-refractivity contribution is -0.133. The maximum atomic E-state index is 12.4. The number of likely N-dealkylation sites (tertiary alicyclic amines) is 1. The van der Waals surface area contributed by atoms with Gasteiger partial charge in [-0.3, -0.25) is 4.79 Å². The molecule has 1 atom stereocenters. The van der Waals surface area contributed by atoms with Gasteiger partial charge in [0, 0.05) is 18.0 Å². The molecule has 1 saturated carbocycles. The van der Waals surface area contributed by atoms with Crippen LogP contribution in [0.25, 0.3) is 11.4 Å². The zero-order chi connectivity index (χ0) is 15.8. The molecule has 2 aromatic rings. The Bertz CT molecular complexity index is 706. The minimum Gasteiger partial charge on any atom is -0.497 e. The Balaban J connectivity index is 1.55. The molecule has 2 heterocycles. The minimum absolute atomic E-state index is 0.0670. The van der Waals surface area contributed by atoms with E-state index in [1.165, 1.54) is 0 Å². The van der Waals surface area contributed by atoms with Crippen LogP contribution < -0.4 is 4.74 Å². The number of methoxy groups -OCH3 is 1. The van der Waals surface area contributed by atoms with Crippen LogP contribution in [0.15, 0.2) is 28.8 Å². The molecule has 23 heavy (non-hydrogen) atoms. The van der Waals surface area contributed by atoms with Crippen LogP contribution in [0.2, 0.25) is 0 Å². The van der Waals surface area contributed by atoms with Crippen LogP contribution >= 0.6 is 0 Å². The lowest BCUT2D eigenvalue weighted by atomic mass is 10.2. The van der Waals surface area contributed by atoms with E-state index >= 15 is 0 Å². The number of ether oxygens (including phenoxy) is 1. The van der Waals surface area contributed by atoms with Gasteiger partial charge in [-0.05, 0) is 49.9 Å². The maximum absolute atomic E-state index is 12.4. The molecule has 2 fully saturated rings. The lowest BCUT2D eigenvalue weighted by Gasteiger charge is -2.21. The number of carbonyl (C=O) groups excluding carboxylic acids is 1. The van der Waals surface area contributed by atoms with Gasteiger partial charge in [-0.1, -0.05) is 5.16 Å². The Morgan fingerprint density at radius 1 is 1.26 bits per heavy atom. The minimum atomic E-state index is -0.0670. The van der Waals surface area contributed by atoms with Crippen molar-refractivity contribution in [3.05, 3.63) is 30.2 Å². The van der Waals surface area contributed by atoms with Crippen LogP contribution in [-0.4, -0.2) is 34.6 Å². The van der Waals surface area contributed by atoms with E-state index in [-0.39, 0.29) is 17.9 Å². The number of benzene rings is 1. The Morgan fingerprint density at radius 2 is 2.04 bits per heavy atom. The van der Waals surface area contributed by atoms with Gasteiger partial charge in [-0.15, -0.1) is 0 Å². The number of rotatable bonds is 4. The average Bonchev–Trinajstić information content (AvgIpc) is 3.12. The van der Waals surface area contributed by atoms with Crippen molar-refractivity contribution in [2.24, 2.45) is 5.92 Å². The van der Waals surface area contributed by atoms with E-state index in [4.69, 9.17) is 9.26 Å². The Morgan fingerprint density at radius 3 is 2.74 bits per heavy atom. The summed E-state index contributed by atoms with van der Waals surface area (Å²) in [4.78, 5) is 18.8. The summed E-state index contributed by atoms with van der Waals surface area (Å²) in [6, 6.07) is 7.46. The predicted molar refractivity (Wildman–Crippen MR) is 82.7 cm³/mol. The fourth-order valence-electron chi connectivity index (χ4n) is 3.08. The van der Waals surface area contributed by atoms with Crippen LogP contribution in [0.5, 0.6) is 5.75 Å². The van der Waals surface area contributed by atoms with Crippen molar-refractivity contribution in [2.45, 2.75) is 31.7 Å². The largest absolute Gasteiger partial charge is 0.497 e. The Kier molecular flexibility index (Phi) is 3.52. The quantitative estimate of drug-likeness (QED) is 0.868. The highest BCUT2D eigenvalue weighted by Gasteiger charge is 2.40. The van der Waals surface area contributed by atoms with Crippen molar-refractivity contribution >= 4 is 5.91 Å². The molecular formula is C17H19N3O3. The van der Waals surface area contributed by atoms with Crippen LogP contribution in [0.4, 0.5) is 0 Å². The zero-order valence-electron chi connectivity index (χ0n) is 13.1. The standard InChI is InChI=1S/C17H19N3O3/c1-22-13-8-6-11(7-9-13)15-18-16(23-19-15)14-3-2-10-20(14)17(21)12-4-5-12/h6-9,12,14H,2-5,10H2,1H3/t14-/m1/s1. The van der Waals surface area contributed by atoms with Gasteiger partial charge in [0.15, 0.2) is 0 Å². The van der Waals surface area contributed by atoms with Gasteiger partial charge in [-0.2, -0.15) is 4.98 Å². The smallest absolute Gasteiger partial charge is 0.249 e. The molecule has 120 valence electrons. The number of carbonyl (C=O) groups is 1. The van der Waals surface area contributed by atoms with Crippen molar-refractivity contribution in [3.8, 4) is 17.1 Å². The monoisotopic (exact) mass is 313 g/mol. The van der Waals surface area contributed by atoms with Crippen molar-refractivity contribution in [1.29, 1.82) is 0 Å². The molecule has 1 amide bonds. The van der Waals surface area contributed by atoms with Gasteiger partial charge in [0.2, 0.25) is 17.6 Å². The summed E-state index contributed by atoms with van der Waals surface area (Å²) in [5.74, 6) is 2.35. The van der Waals surface area contributed by atoms with Crippen LogP contribution in [0, 0.1) is 5.92 Å². The molecule has 6 heteroatoms. The first-order chi connectivity index (χ1) is 11.3. The highest BCUT2D eigenvalue weighted by Crippen LogP contribution is 2.38. The summed E-state index contributed by atoms with van der Waals surface area (Å²) >= 11 is 0. The molecule has 1 aliphatic heterocycles. The number of nitrogens with zero attached hydrogens (tertiary/aromatic N) is 3. The normalized spacial score (nSPS) is 20.7. The average molecular weight is 313 g/mol. The van der Waals surface area contributed by atoms with Crippen molar-refractivity contribution in [3.63, 3.8) is 0 Å². The molecule has 1 saturated heterocycles. The summed E-state index contributed by atoms with van der Waals surface area (Å²) in [6.45, 7) is 0.792. The molecule has 1 aromatic carbocycles. The number of hydrogen-bond acceptors (Lipinski definition) is 5. The van der Waals surface area contributed by atoms with E-state index in [1.807, 2.05) is 29.2 Å². The Labute approximate surface area is 134 Å². The highest BCUT2D eigenvalue weighted by molar-refractivity contribution is 5.81. The number of amides is 1. The molecule has 1 aromatic heterocycles. The highest BCUT2D eigenvalue weighted by atomic mass is 16.5. The second-order valence-electron chi connectivity index (χ2n) is 6.15. The summed E-state index contributed by atoms with van der Waals surface area (Å²) < 4.78 is 10.6. The van der Waals surface area contributed by atoms with Gasteiger partial charge < -0.3 is 14.2 Å².